The first-order valence-electron chi connectivity index (χ1n) is 6.04. The van der Waals surface area contributed by atoms with Gasteiger partial charge in [-0.1, -0.05) is 42.1 Å². The molecule has 1 rings (SSSR count). The van der Waals surface area contributed by atoms with Crippen LogP contribution in [0.1, 0.15) is 51.9 Å². The first kappa shape index (κ1) is 12.5. The smallest absolute Gasteiger partial charge is 0.0577 e. The standard InChI is InChI=1S/C12H23BrO/c1-2-11-6-5-7-12(10-11)14-9-4-3-8-13/h11-12H,2-10H2,1H3. The monoisotopic (exact) mass is 262 g/mol. The van der Waals surface area contributed by atoms with Crippen molar-refractivity contribution >= 4 is 15.9 Å². The van der Waals surface area contributed by atoms with E-state index in [2.05, 4.69) is 22.9 Å². The Bertz CT molecular complexity index is 138. The third-order valence-electron chi connectivity index (χ3n) is 3.19. The summed E-state index contributed by atoms with van der Waals surface area (Å²) in [5.41, 5.74) is 0. The molecule has 0 N–H and O–H groups in total. The van der Waals surface area contributed by atoms with Crippen LogP contribution in [0.25, 0.3) is 0 Å². The van der Waals surface area contributed by atoms with Gasteiger partial charge in [0.1, 0.15) is 0 Å². The zero-order chi connectivity index (χ0) is 10.2. The average Bonchev–Trinajstić information content (AvgIpc) is 2.25. The van der Waals surface area contributed by atoms with E-state index in [-0.39, 0.29) is 0 Å². The summed E-state index contributed by atoms with van der Waals surface area (Å²) < 4.78 is 5.90. The van der Waals surface area contributed by atoms with Crippen molar-refractivity contribution in [2.75, 3.05) is 11.9 Å². The van der Waals surface area contributed by atoms with Crippen molar-refractivity contribution in [1.29, 1.82) is 0 Å². The molecule has 0 saturated heterocycles. The highest BCUT2D eigenvalue weighted by Crippen LogP contribution is 2.28. The van der Waals surface area contributed by atoms with Crippen molar-refractivity contribution in [1.82, 2.24) is 0 Å². The summed E-state index contributed by atoms with van der Waals surface area (Å²) in [5.74, 6) is 0.935. The van der Waals surface area contributed by atoms with Crippen LogP contribution in [-0.2, 0) is 4.74 Å². The van der Waals surface area contributed by atoms with E-state index in [0.29, 0.717) is 6.10 Å². The second-order valence-electron chi connectivity index (χ2n) is 4.33. The molecule has 0 amide bonds. The van der Waals surface area contributed by atoms with Crippen LogP contribution in [0.3, 0.4) is 0 Å². The number of rotatable bonds is 6. The number of halogens is 1. The molecule has 2 unspecified atom stereocenters. The van der Waals surface area contributed by atoms with Crippen molar-refractivity contribution < 1.29 is 4.74 Å². The molecule has 0 bridgehead atoms. The van der Waals surface area contributed by atoms with E-state index in [4.69, 9.17) is 4.74 Å². The van der Waals surface area contributed by atoms with Gasteiger partial charge in [0.25, 0.3) is 0 Å². The van der Waals surface area contributed by atoms with Gasteiger partial charge in [0, 0.05) is 11.9 Å². The van der Waals surface area contributed by atoms with Crippen molar-refractivity contribution in [2.45, 2.75) is 58.0 Å². The summed E-state index contributed by atoms with van der Waals surface area (Å²) in [7, 11) is 0. The first-order chi connectivity index (χ1) is 6.86. The highest BCUT2D eigenvalue weighted by Gasteiger charge is 2.20. The molecule has 0 aromatic heterocycles. The number of ether oxygens (including phenoxy) is 1. The maximum Gasteiger partial charge on any atom is 0.0577 e. The molecule has 0 spiro atoms. The molecule has 1 aliphatic carbocycles. The van der Waals surface area contributed by atoms with E-state index in [9.17, 15) is 0 Å². The van der Waals surface area contributed by atoms with Gasteiger partial charge in [-0.15, -0.1) is 0 Å². The lowest BCUT2D eigenvalue weighted by Crippen LogP contribution is -2.23. The van der Waals surface area contributed by atoms with Gasteiger partial charge in [-0.2, -0.15) is 0 Å². The Morgan fingerprint density at radius 3 is 2.86 bits per heavy atom. The molecule has 0 aliphatic heterocycles. The maximum absolute atomic E-state index is 5.90. The second-order valence-corrected chi connectivity index (χ2v) is 5.12. The average molecular weight is 263 g/mol. The van der Waals surface area contributed by atoms with Gasteiger partial charge < -0.3 is 4.74 Å². The molecular formula is C12H23BrO. The van der Waals surface area contributed by atoms with E-state index >= 15 is 0 Å². The van der Waals surface area contributed by atoms with Gasteiger partial charge >= 0.3 is 0 Å². The van der Waals surface area contributed by atoms with Crippen LogP contribution in [0.2, 0.25) is 0 Å². The Morgan fingerprint density at radius 1 is 1.29 bits per heavy atom. The molecule has 1 nitrogen and oxygen atoms in total. The Hall–Kier alpha value is 0.440. The lowest BCUT2D eigenvalue weighted by atomic mass is 9.85. The fourth-order valence-electron chi connectivity index (χ4n) is 2.21. The number of hydrogen-bond donors (Lipinski definition) is 0. The zero-order valence-corrected chi connectivity index (χ0v) is 10.9. The van der Waals surface area contributed by atoms with Gasteiger partial charge in [-0.3, -0.25) is 0 Å². The molecule has 1 fully saturated rings. The maximum atomic E-state index is 5.90. The predicted octanol–water partition coefficient (Wildman–Crippen LogP) is 4.15. The molecular weight excluding hydrogens is 240 g/mol. The molecule has 14 heavy (non-hydrogen) atoms. The number of alkyl halides is 1. The summed E-state index contributed by atoms with van der Waals surface area (Å²) in [6, 6.07) is 0. The summed E-state index contributed by atoms with van der Waals surface area (Å²) >= 11 is 3.44. The van der Waals surface area contributed by atoms with Crippen LogP contribution in [0.4, 0.5) is 0 Å². The molecule has 0 radical (unpaired) electrons. The first-order valence-corrected chi connectivity index (χ1v) is 7.16. The molecule has 0 aromatic rings. The predicted molar refractivity (Wildman–Crippen MR) is 65.0 cm³/mol. The molecule has 2 atom stereocenters. The van der Waals surface area contributed by atoms with E-state index in [1.807, 2.05) is 0 Å². The third kappa shape index (κ3) is 4.79. The Labute approximate surface area is 96.7 Å². The minimum Gasteiger partial charge on any atom is -0.378 e. The Balaban J connectivity index is 2.05. The molecule has 84 valence electrons. The fourth-order valence-corrected chi connectivity index (χ4v) is 2.61. The van der Waals surface area contributed by atoms with Crippen LogP contribution in [-0.4, -0.2) is 18.0 Å². The van der Waals surface area contributed by atoms with Crippen LogP contribution < -0.4 is 0 Å². The van der Waals surface area contributed by atoms with Crippen LogP contribution >= 0.6 is 15.9 Å². The minimum atomic E-state index is 0.573. The van der Waals surface area contributed by atoms with Crippen molar-refractivity contribution in [3.05, 3.63) is 0 Å². The van der Waals surface area contributed by atoms with Crippen molar-refractivity contribution in [2.24, 2.45) is 5.92 Å². The van der Waals surface area contributed by atoms with Crippen LogP contribution in [0, 0.1) is 5.92 Å². The van der Waals surface area contributed by atoms with Crippen LogP contribution in [0.5, 0.6) is 0 Å². The van der Waals surface area contributed by atoms with Gasteiger partial charge in [-0.05, 0) is 31.6 Å². The van der Waals surface area contributed by atoms with E-state index in [1.54, 1.807) is 0 Å². The quantitative estimate of drug-likeness (QED) is 0.516. The van der Waals surface area contributed by atoms with E-state index < -0.39 is 0 Å². The summed E-state index contributed by atoms with van der Waals surface area (Å²) in [4.78, 5) is 0. The van der Waals surface area contributed by atoms with Crippen LogP contribution in [0.15, 0.2) is 0 Å². The van der Waals surface area contributed by atoms with Crippen molar-refractivity contribution in [3.8, 4) is 0 Å². The largest absolute Gasteiger partial charge is 0.378 e. The second kappa shape index (κ2) is 7.70. The topological polar surface area (TPSA) is 9.23 Å². The zero-order valence-electron chi connectivity index (χ0n) is 9.30. The normalized spacial score (nSPS) is 27.9. The minimum absolute atomic E-state index is 0.573. The Morgan fingerprint density at radius 2 is 2.14 bits per heavy atom. The summed E-state index contributed by atoms with van der Waals surface area (Å²) in [6.07, 6.45) is 9.77. The van der Waals surface area contributed by atoms with Crippen molar-refractivity contribution in [3.63, 3.8) is 0 Å². The highest BCUT2D eigenvalue weighted by molar-refractivity contribution is 9.09. The number of hydrogen-bond acceptors (Lipinski definition) is 1. The summed E-state index contributed by atoms with van der Waals surface area (Å²) in [5, 5.41) is 1.11. The molecule has 0 aromatic carbocycles. The molecule has 1 aliphatic rings. The lowest BCUT2D eigenvalue weighted by Gasteiger charge is -2.28. The lowest BCUT2D eigenvalue weighted by molar-refractivity contribution is 0.0113. The number of unbranched alkanes of at least 4 members (excludes halogenated alkanes) is 1. The molecule has 1 saturated carbocycles. The van der Waals surface area contributed by atoms with Gasteiger partial charge in [0.05, 0.1) is 6.10 Å². The Kier molecular flexibility index (Phi) is 6.88. The van der Waals surface area contributed by atoms with Gasteiger partial charge in [0.2, 0.25) is 0 Å². The van der Waals surface area contributed by atoms with Gasteiger partial charge in [0.15, 0.2) is 0 Å². The molecule has 0 heterocycles. The highest BCUT2D eigenvalue weighted by atomic mass is 79.9. The van der Waals surface area contributed by atoms with Gasteiger partial charge in [-0.25, -0.2) is 0 Å². The summed E-state index contributed by atoms with van der Waals surface area (Å²) in [6.45, 7) is 3.27. The third-order valence-corrected chi connectivity index (χ3v) is 3.75. The van der Waals surface area contributed by atoms with E-state index in [0.717, 1.165) is 17.9 Å². The van der Waals surface area contributed by atoms with E-state index in [1.165, 1.54) is 44.9 Å². The SMILES string of the molecule is CCC1CCCC(OCCCCBr)C1. The fraction of sp³-hybridized carbons (Fsp3) is 1.00. The molecule has 2 heteroatoms.